The minimum Gasteiger partial charge on any atom is -0.340 e. The molecular formula is C51H38N2. The third-order valence-corrected chi connectivity index (χ3v) is 11.3. The summed E-state index contributed by atoms with van der Waals surface area (Å²) in [5.74, 6) is 0.869. The van der Waals surface area contributed by atoms with Crippen molar-refractivity contribution in [3.8, 4) is 33.4 Å². The summed E-state index contributed by atoms with van der Waals surface area (Å²) in [5.41, 5.74) is 14.8. The molecule has 8 aromatic carbocycles. The van der Waals surface area contributed by atoms with Crippen molar-refractivity contribution < 1.29 is 0 Å². The van der Waals surface area contributed by atoms with Crippen LogP contribution in [0.15, 0.2) is 187 Å². The lowest BCUT2D eigenvalue weighted by atomic mass is 9.81. The quantitative estimate of drug-likeness (QED) is 0.192. The van der Waals surface area contributed by atoms with E-state index in [1.807, 2.05) is 0 Å². The van der Waals surface area contributed by atoms with Crippen molar-refractivity contribution >= 4 is 33.1 Å². The van der Waals surface area contributed by atoms with Crippen molar-refractivity contribution in [1.29, 1.82) is 0 Å². The summed E-state index contributed by atoms with van der Waals surface area (Å²) in [5, 5.41) is 8.70. The standard InChI is InChI=1S/C51H38N2/c1-51(2)45-24-14-13-23-41(45)42-27-26-36(31-46(42)51)37-29-30-43(40-22-12-11-21-39(37)40)47-32-48(53-50(52-47)35-18-7-4-8-19-35)44-28-25-33-15-9-10-20-38(33)49(44)34-16-5-3-6-17-34/h3-32,47H,1-2H3,(H,52,53). The van der Waals surface area contributed by atoms with Gasteiger partial charge in [-0.2, -0.15) is 0 Å². The zero-order valence-corrected chi connectivity index (χ0v) is 29.8. The number of nitrogens with one attached hydrogen (secondary N) is 1. The number of fused-ring (bicyclic) bond motifs is 5. The molecule has 2 heteroatoms. The molecule has 252 valence electrons. The fourth-order valence-corrected chi connectivity index (χ4v) is 8.71. The van der Waals surface area contributed by atoms with Crippen molar-refractivity contribution in [2.45, 2.75) is 25.3 Å². The van der Waals surface area contributed by atoms with Crippen LogP contribution in [0.4, 0.5) is 0 Å². The van der Waals surface area contributed by atoms with Crippen molar-refractivity contribution in [3.63, 3.8) is 0 Å². The number of nitrogens with zero attached hydrogens (tertiary/aromatic N) is 1. The highest BCUT2D eigenvalue weighted by Gasteiger charge is 2.35. The zero-order valence-electron chi connectivity index (χ0n) is 29.8. The highest BCUT2D eigenvalue weighted by atomic mass is 15.0. The van der Waals surface area contributed by atoms with E-state index in [0.29, 0.717) is 0 Å². The number of aliphatic imine (C=N–C) groups is 1. The van der Waals surface area contributed by atoms with E-state index in [2.05, 4.69) is 201 Å². The van der Waals surface area contributed by atoms with Crippen LogP contribution in [-0.4, -0.2) is 5.84 Å². The van der Waals surface area contributed by atoms with E-state index < -0.39 is 0 Å². The normalized spacial score (nSPS) is 15.7. The minimum absolute atomic E-state index is 0.0576. The molecule has 0 bridgehead atoms. The molecule has 0 saturated carbocycles. The minimum atomic E-state index is -0.205. The highest BCUT2D eigenvalue weighted by molar-refractivity contribution is 6.09. The second kappa shape index (κ2) is 12.3. The second-order valence-electron chi connectivity index (χ2n) is 14.7. The molecule has 2 aliphatic rings. The lowest BCUT2D eigenvalue weighted by Crippen LogP contribution is -2.28. The fraction of sp³-hybridized carbons (Fsp3) is 0.0784. The third-order valence-electron chi connectivity index (χ3n) is 11.3. The van der Waals surface area contributed by atoms with Gasteiger partial charge in [-0.05, 0) is 83.8 Å². The molecule has 1 aliphatic carbocycles. The zero-order chi connectivity index (χ0) is 35.5. The van der Waals surface area contributed by atoms with Crippen LogP contribution in [-0.2, 0) is 5.41 Å². The number of amidine groups is 1. The average Bonchev–Trinajstić information content (AvgIpc) is 3.45. The highest BCUT2D eigenvalue weighted by Crippen LogP contribution is 2.50. The van der Waals surface area contributed by atoms with Gasteiger partial charge in [-0.15, -0.1) is 0 Å². The molecule has 0 fully saturated rings. The van der Waals surface area contributed by atoms with Gasteiger partial charge in [-0.25, -0.2) is 0 Å². The van der Waals surface area contributed by atoms with E-state index in [-0.39, 0.29) is 11.5 Å². The van der Waals surface area contributed by atoms with E-state index in [1.54, 1.807) is 0 Å². The fourth-order valence-electron chi connectivity index (χ4n) is 8.71. The topological polar surface area (TPSA) is 24.4 Å². The maximum atomic E-state index is 5.43. The number of hydrogen-bond donors (Lipinski definition) is 1. The molecule has 53 heavy (non-hydrogen) atoms. The molecule has 0 saturated heterocycles. The second-order valence-corrected chi connectivity index (χ2v) is 14.7. The van der Waals surface area contributed by atoms with E-state index in [0.717, 1.165) is 22.7 Å². The van der Waals surface area contributed by atoms with Crippen LogP contribution in [0.2, 0.25) is 0 Å². The molecule has 8 aromatic rings. The number of hydrogen-bond acceptors (Lipinski definition) is 2. The maximum Gasteiger partial charge on any atom is 0.133 e. The van der Waals surface area contributed by atoms with Crippen molar-refractivity contribution in [2.75, 3.05) is 0 Å². The predicted octanol–water partition coefficient (Wildman–Crippen LogP) is 12.8. The van der Waals surface area contributed by atoms with Crippen molar-refractivity contribution in [2.24, 2.45) is 4.99 Å². The first-order valence-corrected chi connectivity index (χ1v) is 18.5. The summed E-state index contributed by atoms with van der Waals surface area (Å²) >= 11 is 0. The molecule has 1 heterocycles. The van der Waals surface area contributed by atoms with Gasteiger partial charge in [0.25, 0.3) is 0 Å². The average molecular weight is 679 g/mol. The molecule has 1 aliphatic heterocycles. The van der Waals surface area contributed by atoms with Gasteiger partial charge in [0.15, 0.2) is 0 Å². The Bertz CT molecular complexity index is 2770. The van der Waals surface area contributed by atoms with Crippen LogP contribution in [0.1, 0.15) is 47.7 Å². The van der Waals surface area contributed by atoms with Gasteiger partial charge in [0.1, 0.15) is 5.84 Å². The summed E-state index contributed by atoms with van der Waals surface area (Å²) in [4.78, 5) is 5.43. The summed E-state index contributed by atoms with van der Waals surface area (Å²) in [6.07, 6.45) is 2.32. The lowest BCUT2D eigenvalue weighted by molar-refractivity contribution is 0.660. The Morgan fingerprint density at radius 1 is 0.472 bits per heavy atom. The third kappa shape index (κ3) is 5.13. The van der Waals surface area contributed by atoms with E-state index >= 15 is 0 Å². The maximum absolute atomic E-state index is 5.43. The Hall–Kier alpha value is -6.51. The summed E-state index contributed by atoms with van der Waals surface area (Å²) < 4.78 is 0. The Labute approximate surface area is 310 Å². The molecule has 0 amide bonds. The first-order chi connectivity index (χ1) is 26.0. The summed E-state index contributed by atoms with van der Waals surface area (Å²) in [7, 11) is 0. The predicted molar refractivity (Wildman–Crippen MR) is 223 cm³/mol. The van der Waals surface area contributed by atoms with E-state index in [4.69, 9.17) is 4.99 Å². The first-order valence-electron chi connectivity index (χ1n) is 18.5. The Balaban J connectivity index is 1.14. The van der Waals surface area contributed by atoms with Crippen LogP contribution < -0.4 is 5.32 Å². The molecule has 1 unspecified atom stereocenters. The van der Waals surface area contributed by atoms with Crippen molar-refractivity contribution in [3.05, 3.63) is 210 Å². The summed E-state index contributed by atoms with van der Waals surface area (Å²) in [6.45, 7) is 4.70. The van der Waals surface area contributed by atoms with Crippen molar-refractivity contribution in [1.82, 2.24) is 5.32 Å². The molecule has 0 spiro atoms. The lowest BCUT2D eigenvalue weighted by Gasteiger charge is -2.26. The molecule has 1 atom stereocenters. The number of benzene rings is 8. The van der Waals surface area contributed by atoms with Gasteiger partial charge in [0.05, 0.1) is 6.04 Å². The van der Waals surface area contributed by atoms with Gasteiger partial charge < -0.3 is 5.32 Å². The smallest absolute Gasteiger partial charge is 0.133 e. The van der Waals surface area contributed by atoms with Crippen LogP contribution in [0.5, 0.6) is 0 Å². The van der Waals surface area contributed by atoms with E-state index in [9.17, 15) is 0 Å². The molecule has 0 aromatic heterocycles. The van der Waals surface area contributed by atoms with Crippen LogP contribution in [0, 0.1) is 0 Å². The number of rotatable bonds is 5. The van der Waals surface area contributed by atoms with Crippen LogP contribution in [0.25, 0.3) is 60.6 Å². The van der Waals surface area contributed by atoms with Crippen LogP contribution >= 0.6 is 0 Å². The van der Waals surface area contributed by atoms with Gasteiger partial charge in [0, 0.05) is 22.2 Å². The SMILES string of the molecule is CC1(C)c2ccccc2-c2ccc(-c3ccc(C4C=C(c5ccc6ccccc6c5-c5ccccc5)NC(c5ccccc5)=N4)c4ccccc34)cc21. The molecule has 1 N–H and O–H groups in total. The molecule has 0 radical (unpaired) electrons. The van der Waals surface area contributed by atoms with Crippen LogP contribution in [0.3, 0.4) is 0 Å². The van der Waals surface area contributed by atoms with Gasteiger partial charge in [-0.1, -0.05) is 184 Å². The van der Waals surface area contributed by atoms with E-state index in [1.165, 1.54) is 71.6 Å². The van der Waals surface area contributed by atoms with Gasteiger partial charge >= 0.3 is 0 Å². The Morgan fingerprint density at radius 3 is 1.91 bits per heavy atom. The molecule has 2 nitrogen and oxygen atoms in total. The molecular weight excluding hydrogens is 641 g/mol. The summed E-state index contributed by atoms with van der Waals surface area (Å²) in [6, 6.07) is 63.6. The molecule has 10 rings (SSSR count). The Kier molecular flexibility index (Phi) is 7.26. The van der Waals surface area contributed by atoms with Gasteiger partial charge in [-0.3, -0.25) is 4.99 Å². The van der Waals surface area contributed by atoms with Gasteiger partial charge in [0.2, 0.25) is 0 Å². The monoisotopic (exact) mass is 678 g/mol. The Morgan fingerprint density at radius 2 is 1.09 bits per heavy atom. The first kappa shape index (κ1) is 31.2. The largest absolute Gasteiger partial charge is 0.340 e.